The average molecular weight is 200 g/mol. The molecular weight excluding hydrogens is 184 g/mol. The molecule has 13 heavy (non-hydrogen) atoms. The molecule has 1 aliphatic carbocycles. The maximum Gasteiger partial charge on any atom is 0.303 e. The SMILES string of the molecule is O=C(O)CC1(C2CCCSC2)CC1. The van der Waals surface area contributed by atoms with Gasteiger partial charge in [0.15, 0.2) is 0 Å². The number of carboxylic acid groups (broad SMARTS) is 1. The van der Waals surface area contributed by atoms with E-state index in [1.807, 2.05) is 11.8 Å². The van der Waals surface area contributed by atoms with Gasteiger partial charge in [-0.3, -0.25) is 4.79 Å². The van der Waals surface area contributed by atoms with Gasteiger partial charge in [-0.1, -0.05) is 0 Å². The molecule has 0 aromatic carbocycles. The molecule has 2 nitrogen and oxygen atoms in total. The molecule has 1 unspecified atom stereocenters. The van der Waals surface area contributed by atoms with Gasteiger partial charge in [0.25, 0.3) is 0 Å². The molecule has 1 atom stereocenters. The van der Waals surface area contributed by atoms with Crippen molar-refractivity contribution >= 4 is 17.7 Å². The summed E-state index contributed by atoms with van der Waals surface area (Å²) in [6.45, 7) is 0. The second kappa shape index (κ2) is 3.52. The second-order valence-corrected chi connectivity index (χ2v) is 5.50. The van der Waals surface area contributed by atoms with Gasteiger partial charge >= 0.3 is 5.97 Å². The van der Waals surface area contributed by atoms with E-state index in [-0.39, 0.29) is 5.41 Å². The first kappa shape index (κ1) is 9.38. The monoisotopic (exact) mass is 200 g/mol. The van der Waals surface area contributed by atoms with E-state index in [0.29, 0.717) is 12.3 Å². The molecule has 1 aliphatic heterocycles. The van der Waals surface area contributed by atoms with E-state index in [1.165, 1.54) is 24.3 Å². The molecular formula is C10H16O2S. The van der Waals surface area contributed by atoms with Gasteiger partial charge in [0, 0.05) is 0 Å². The molecule has 1 saturated carbocycles. The zero-order valence-electron chi connectivity index (χ0n) is 7.79. The molecule has 1 heterocycles. The maximum absolute atomic E-state index is 10.7. The minimum absolute atomic E-state index is 0.221. The zero-order valence-corrected chi connectivity index (χ0v) is 8.61. The van der Waals surface area contributed by atoms with Crippen molar-refractivity contribution < 1.29 is 9.90 Å². The van der Waals surface area contributed by atoms with Crippen molar-refractivity contribution in [1.29, 1.82) is 0 Å². The molecule has 74 valence electrons. The van der Waals surface area contributed by atoms with E-state index in [0.717, 1.165) is 12.8 Å². The van der Waals surface area contributed by atoms with Crippen LogP contribution in [0.2, 0.25) is 0 Å². The Morgan fingerprint density at radius 2 is 2.31 bits per heavy atom. The summed E-state index contributed by atoms with van der Waals surface area (Å²) in [7, 11) is 0. The summed E-state index contributed by atoms with van der Waals surface area (Å²) in [4.78, 5) is 10.7. The number of hydrogen-bond donors (Lipinski definition) is 1. The van der Waals surface area contributed by atoms with E-state index in [2.05, 4.69) is 0 Å². The Kier molecular flexibility index (Phi) is 2.54. The summed E-state index contributed by atoms with van der Waals surface area (Å²) < 4.78 is 0. The van der Waals surface area contributed by atoms with Crippen LogP contribution >= 0.6 is 11.8 Å². The van der Waals surface area contributed by atoms with Crippen molar-refractivity contribution in [2.45, 2.75) is 32.1 Å². The van der Waals surface area contributed by atoms with Crippen LogP contribution in [0.1, 0.15) is 32.1 Å². The van der Waals surface area contributed by atoms with Gasteiger partial charge in [0.05, 0.1) is 6.42 Å². The molecule has 2 rings (SSSR count). The minimum atomic E-state index is -0.604. The van der Waals surface area contributed by atoms with Crippen LogP contribution in [-0.4, -0.2) is 22.6 Å². The molecule has 0 radical (unpaired) electrons. The second-order valence-electron chi connectivity index (χ2n) is 4.35. The van der Waals surface area contributed by atoms with Gasteiger partial charge < -0.3 is 5.11 Å². The van der Waals surface area contributed by atoms with Crippen LogP contribution in [0.15, 0.2) is 0 Å². The van der Waals surface area contributed by atoms with Crippen molar-refractivity contribution in [1.82, 2.24) is 0 Å². The van der Waals surface area contributed by atoms with Crippen LogP contribution in [0.5, 0.6) is 0 Å². The first-order chi connectivity index (χ1) is 6.23. The smallest absolute Gasteiger partial charge is 0.303 e. The Balaban J connectivity index is 1.93. The molecule has 0 spiro atoms. The molecule has 1 saturated heterocycles. The summed E-state index contributed by atoms with van der Waals surface area (Å²) in [5.74, 6) is 2.57. The highest BCUT2D eigenvalue weighted by Gasteiger charge is 2.50. The van der Waals surface area contributed by atoms with Gasteiger partial charge in [-0.05, 0) is 48.5 Å². The fourth-order valence-corrected chi connectivity index (χ4v) is 3.76. The highest BCUT2D eigenvalue weighted by atomic mass is 32.2. The van der Waals surface area contributed by atoms with Gasteiger partial charge in [-0.25, -0.2) is 0 Å². The first-order valence-electron chi connectivity index (χ1n) is 5.02. The molecule has 1 N–H and O–H groups in total. The fraction of sp³-hybridized carbons (Fsp3) is 0.900. The Hall–Kier alpha value is -0.180. The van der Waals surface area contributed by atoms with Gasteiger partial charge in [-0.2, -0.15) is 11.8 Å². The van der Waals surface area contributed by atoms with Crippen LogP contribution in [0, 0.1) is 11.3 Å². The normalized spacial score (nSPS) is 31.2. The van der Waals surface area contributed by atoms with Crippen molar-refractivity contribution in [2.75, 3.05) is 11.5 Å². The molecule has 0 amide bonds. The first-order valence-corrected chi connectivity index (χ1v) is 6.18. The fourth-order valence-electron chi connectivity index (χ4n) is 2.41. The average Bonchev–Trinajstić information content (AvgIpc) is 2.86. The topological polar surface area (TPSA) is 37.3 Å². The lowest BCUT2D eigenvalue weighted by Crippen LogP contribution is -2.24. The lowest BCUT2D eigenvalue weighted by Gasteiger charge is -2.28. The summed E-state index contributed by atoms with van der Waals surface area (Å²) >= 11 is 2.00. The van der Waals surface area contributed by atoms with Crippen LogP contribution in [0.3, 0.4) is 0 Å². The Morgan fingerprint density at radius 3 is 2.77 bits per heavy atom. The van der Waals surface area contributed by atoms with E-state index in [4.69, 9.17) is 5.11 Å². The molecule has 3 heteroatoms. The third kappa shape index (κ3) is 2.01. The van der Waals surface area contributed by atoms with Crippen molar-refractivity contribution in [3.05, 3.63) is 0 Å². The zero-order chi connectivity index (χ0) is 9.31. The lowest BCUT2D eigenvalue weighted by atomic mass is 9.84. The summed E-state index contributed by atoms with van der Waals surface area (Å²) in [6, 6.07) is 0. The molecule has 2 fully saturated rings. The largest absolute Gasteiger partial charge is 0.481 e. The number of thioether (sulfide) groups is 1. The van der Waals surface area contributed by atoms with Crippen LogP contribution < -0.4 is 0 Å². The van der Waals surface area contributed by atoms with Crippen molar-refractivity contribution in [3.63, 3.8) is 0 Å². The third-order valence-corrected chi connectivity index (χ3v) is 4.64. The van der Waals surface area contributed by atoms with Gasteiger partial charge in [0.2, 0.25) is 0 Å². The number of carbonyl (C=O) groups is 1. The van der Waals surface area contributed by atoms with Gasteiger partial charge in [0.1, 0.15) is 0 Å². The van der Waals surface area contributed by atoms with E-state index in [1.54, 1.807) is 0 Å². The predicted molar refractivity (Wildman–Crippen MR) is 54.0 cm³/mol. The number of hydrogen-bond acceptors (Lipinski definition) is 2. The molecule has 0 aromatic rings. The highest BCUT2D eigenvalue weighted by molar-refractivity contribution is 7.99. The summed E-state index contributed by atoms with van der Waals surface area (Å²) in [6.07, 6.45) is 5.28. The van der Waals surface area contributed by atoms with E-state index >= 15 is 0 Å². The van der Waals surface area contributed by atoms with E-state index < -0.39 is 5.97 Å². The van der Waals surface area contributed by atoms with Crippen LogP contribution in [-0.2, 0) is 4.79 Å². The molecule has 2 aliphatic rings. The van der Waals surface area contributed by atoms with E-state index in [9.17, 15) is 4.79 Å². The third-order valence-electron chi connectivity index (χ3n) is 3.42. The number of aliphatic carboxylic acids is 1. The standard InChI is InChI=1S/C10H16O2S/c11-9(12)6-10(3-4-10)8-2-1-5-13-7-8/h8H,1-7H2,(H,11,12). The van der Waals surface area contributed by atoms with Gasteiger partial charge in [-0.15, -0.1) is 0 Å². The van der Waals surface area contributed by atoms with Crippen LogP contribution in [0.25, 0.3) is 0 Å². The Bertz CT molecular complexity index is 205. The number of rotatable bonds is 3. The van der Waals surface area contributed by atoms with Crippen molar-refractivity contribution in [3.8, 4) is 0 Å². The maximum atomic E-state index is 10.7. The summed E-state index contributed by atoms with van der Waals surface area (Å²) in [5.41, 5.74) is 0.221. The predicted octanol–water partition coefficient (Wildman–Crippen LogP) is 2.38. The molecule has 0 bridgehead atoms. The highest BCUT2D eigenvalue weighted by Crippen LogP contribution is 2.57. The van der Waals surface area contributed by atoms with Crippen molar-refractivity contribution in [2.24, 2.45) is 11.3 Å². The van der Waals surface area contributed by atoms with Crippen LogP contribution in [0.4, 0.5) is 0 Å². The lowest BCUT2D eigenvalue weighted by molar-refractivity contribution is -0.138. The Labute approximate surface area is 83.1 Å². The Morgan fingerprint density at radius 1 is 1.54 bits per heavy atom. The molecule has 0 aromatic heterocycles. The number of carboxylic acids is 1. The quantitative estimate of drug-likeness (QED) is 0.760. The summed E-state index contributed by atoms with van der Waals surface area (Å²) in [5, 5.41) is 8.81. The minimum Gasteiger partial charge on any atom is -0.481 e.